The van der Waals surface area contributed by atoms with Crippen LogP contribution in [0, 0.1) is 0 Å². The number of hydrogen-bond acceptors (Lipinski definition) is 3. The number of nitrogens with zero attached hydrogens (tertiary/aromatic N) is 5. The Kier molecular flexibility index (Phi) is 7.66. The molecular formula is C51H33N5O+2. The summed E-state index contributed by atoms with van der Waals surface area (Å²) < 4.78 is 13.3. The molecule has 0 N–H and O–H groups in total. The van der Waals surface area contributed by atoms with E-state index in [0.29, 0.717) is 5.75 Å². The van der Waals surface area contributed by atoms with Crippen LogP contribution in [0.2, 0.25) is 0 Å². The van der Waals surface area contributed by atoms with Crippen LogP contribution in [0.15, 0.2) is 201 Å². The molecular weight excluding hydrogens is 699 g/mol. The number of aromatic nitrogens is 3. The lowest BCUT2D eigenvalue weighted by Crippen LogP contribution is -2.05. The van der Waals surface area contributed by atoms with Crippen LogP contribution >= 0.6 is 0 Å². The fraction of sp³-hybridized carbons (Fsp3) is 0. The van der Waals surface area contributed by atoms with Gasteiger partial charge >= 0.3 is 11.7 Å². The van der Waals surface area contributed by atoms with Gasteiger partial charge in [-0.15, -0.1) is 0 Å². The molecule has 7 aromatic carbocycles. The third kappa shape index (κ3) is 5.51. The zero-order valence-corrected chi connectivity index (χ0v) is 30.7. The van der Waals surface area contributed by atoms with E-state index < -0.39 is 0 Å². The molecule has 266 valence electrons. The minimum Gasteiger partial charge on any atom is -0.457 e. The molecule has 1 aliphatic rings. The number of benzene rings is 7. The molecule has 6 nitrogen and oxygen atoms in total. The van der Waals surface area contributed by atoms with Gasteiger partial charge in [-0.2, -0.15) is 0 Å². The summed E-state index contributed by atoms with van der Waals surface area (Å²) in [5, 5.41) is 4.45. The van der Waals surface area contributed by atoms with E-state index in [0.717, 1.165) is 89.1 Å². The predicted molar refractivity (Wildman–Crippen MR) is 232 cm³/mol. The minimum atomic E-state index is 0.714. The SMILES string of the molecule is C1=[N+](c2cccc(Oc3ccc4c5cnccc5n(-c5ccccn5)c4c3)c2)c2ccc3ccccc3c2[N+]=1c1c(-c2ccccc2)cccc1-c1ccccc1. The standard InChI is InChI=1S/C51H33N5O/c1-3-13-35(14-4-1)41-21-12-22-42(36-15-5-2-6-16-36)50(41)55-34-54(47-27-24-37-17-7-8-20-43(37)51(47)55)38-18-11-19-39(31-38)57-40-25-26-44-45-33-52-30-28-46(45)56(48(44)32-40)49-23-9-10-29-53-49/h1-33H/q+2. The summed E-state index contributed by atoms with van der Waals surface area (Å²) in [7, 11) is 0. The molecule has 0 aliphatic carbocycles. The van der Waals surface area contributed by atoms with E-state index in [2.05, 4.69) is 169 Å². The molecule has 0 saturated heterocycles. The van der Waals surface area contributed by atoms with Crippen molar-refractivity contribution in [3.63, 3.8) is 0 Å². The Hall–Kier alpha value is -7.92. The fourth-order valence-electron chi connectivity index (χ4n) is 8.17. The van der Waals surface area contributed by atoms with Crippen molar-refractivity contribution in [2.75, 3.05) is 0 Å². The average Bonchev–Trinajstić information content (AvgIpc) is 3.83. The number of ether oxygens (including phenoxy) is 1. The van der Waals surface area contributed by atoms with E-state index in [1.54, 1.807) is 0 Å². The second kappa shape index (κ2) is 13.4. The summed E-state index contributed by atoms with van der Waals surface area (Å²) >= 11 is 0. The van der Waals surface area contributed by atoms with Crippen LogP contribution in [0.5, 0.6) is 11.5 Å². The molecule has 3 aromatic heterocycles. The van der Waals surface area contributed by atoms with Gasteiger partial charge in [0.2, 0.25) is 11.4 Å². The van der Waals surface area contributed by atoms with Crippen molar-refractivity contribution in [1.29, 1.82) is 0 Å². The van der Waals surface area contributed by atoms with E-state index in [1.807, 2.05) is 61.1 Å². The van der Waals surface area contributed by atoms with Gasteiger partial charge in [0.15, 0.2) is 0 Å². The quantitative estimate of drug-likeness (QED) is 0.153. The molecule has 0 radical (unpaired) electrons. The van der Waals surface area contributed by atoms with E-state index in [1.165, 1.54) is 0 Å². The number of hydrogen-bond donors (Lipinski definition) is 0. The third-order valence-corrected chi connectivity index (χ3v) is 10.7. The van der Waals surface area contributed by atoms with Crippen molar-refractivity contribution >= 4 is 61.3 Å². The van der Waals surface area contributed by atoms with Crippen molar-refractivity contribution in [1.82, 2.24) is 23.7 Å². The van der Waals surface area contributed by atoms with Crippen LogP contribution in [0.3, 0.4) is 0 Å². The molecule has 57 heavy (non-hydrogen) atoms. The molecule has 0 atom stereocenters. The first kappa shape index (κ1) is 32.5. The molecule has 6 heteroatoms. The Bertz CT molecular complexity index is 3180. The smallest absolute Gasteiger partial charge is 0.457 e. The maximum Gasteiger partial charge on any atom is 0.503 e. The highest BCUT2D eigenvalue weighted by Crippen LogP contribution is 2.47. The van der Waals surface area contributed by atoms with Crippen LogP contribution in [0.25, 0.3) is 60.6 Å². The zero-order valence-electron chi connectivity index (χ0n) is 30.7. The van der Waals surface area contributed by atoms with Crippen LogP contribution in [0.1, 0.15) is 0 Å². The molecule has 10 aromatic rings. The van der Waals surface area contributed by atoms with E-state index in [4.69, 9.17) is 4.74 Å². The van der Waals surface area contributed by atoms with Gasteiger partial charge in [-0.05, 0) is 86.3 Å². The highest BCUT2D eigenvalue weighted by molar-refractivity contribution is 6.09. The van der Waals surface area contributed by atoms with Crippen LogP contribution < -0.4 is 13.9 Å². The van der Waals surface area contributed by atoms with Crippen molar-refractivity contribution in [3.05, 3.63) is 201 Å². The lowest BCUT2D eigenvalue weighted by atomic mass is 9.95. The van der Waals surface area contributed by atoms with Gasteiger partial charge in [-0.3, -0.25) is 9.55 Å². The van der Waals surface area contributed by atoms with Crippen molar-refractivity contribution in [3.8, 4) is 39.6 Å². The molecule has 0 bridgehead atoms. The summed E-state index contributed by atoms with van der Waals surface area (Å²) in [5.74, 6) is 2.27. The summed E-state index contributed by atoms with van der Waals surface area (Å²) in [5.41, 5.74) is 10.6. The maximum absolute atomic E-state index is 6.68. The van der Waals surface area contributed by atoms with Crippen LogP contribution in [-0.2, 0) is 0 Å². The molecule has 1 aliphatic heterocycles. The molecule has 0 saturated carbocycles. The lowest BCUT2D eigenvalue weighted by Gasteiger charge is -2.11. The lowest BCUT2D eigenvalue weighted by molar-refractivity contribution is 0.483. The molecule has 0 unspecified atom stereocenters. The molecule has 0 spiro atoms. The fourth-order valence-corrected chi connectivity index (χ4v) is 8.17. The second-order valence-corrected chi connectivity index (χ2v) is 14.1. The summed E-state index contributed by atoms with van der Waals surface area (Å²) in [6.45, 7) is 0. The zero-order chi connectivity index (χ0) is 37.7. The first-order chi connectivity index (χ1) is 28.3. The first-order valence-corrected chi connectivity index (χ1v) is 19.0. The Labute approximate surface area is 328 Å². The topological polar surface area (TPSA) is 46.0 Å². The monoisotopic (exact) mass is 731 g/mol. The first-order valence-electron chi connectivity index (χ1n) is 19.0. The van der Waals surface area contributed by atoms with E-state index >= 15 is 0 Å². The van der Waals surface area contributed by atoms with Crippen molar-refractivity contribution < 1.29 is 4.74 Å². The van der Waals surface area contributed by atoms with Crippen LogP contribution in [-0.4, -0.2) is 20.5 Å². The maximum atomic E-state index is 6.68. The van der Waals surface area contributed by atoms with Gasteiger partial charge in [-0.1, -0.05) is 97.1 Å². The summed E-state index contributed by atoms with van der Waals surface area (Å²) in [6, 6.07) is 67.0. The number of rotatable bonds is 7. The Morgan fingerprint density at radius 3 is 2.02 bits per heavy atom. The van der Waals surface area contributed by atoms with Gasteiger partial charge in [0.05, 0.1) is 33.6 Å². The molecule has 4 heterocycles. The summed E-state index contributed by atoms with van der Waals surface area (Å²) in [4.78, 5) is 9.11. The number of para-hydroxylation sites is 1. The third-order valence-electron chi connectivity index (χ3n) is 10.7. The number of fused-ring (bicyclic) bond motifs is 6. The highest BCUT2D eigenvalue weighted by atomic mass is 16.5. The molecule has 0 amide bonds. The van der Waals surface area contributed by atoms with E-state index in [9.17, 15) is 0 Å². The average molecular weight is 732 g/mol. The molecule has 11 rings (SSSR count). The Morgan fingerprint density at radius 1 is 0.491 bits per heavy atom. The van der Waals surface area contributed by atoms with Gasteiger partial charge < -0.3 is 4.74 Å². The normalized spacial score (nSPS) is 12.1. The van der Waals surface area contributed by atoms with Crippen molar-refractivity contribution in [2.45, 2.75) is 0 Å². The van der Waals surface area contributed by atoms with Gasteiger partial charge in [0, 0.05) is 47.6 Å². The van der Waals surface area contributed by atoms with Gasteiger partial charge in [0.1, 0.15) is 17.3 Å². The predicted octanol–water partition coefficient (Wildman–Crippen LogP) is 12.7. The number of pyridine rings is 2. The highest BCUT2D eigenvalue weighted by Gasteiger charge is 2.41. The Morgan fingerprint density at radius 2 is 1.23 bits per heavy atom. The second-order valence-electron chi connectivity index (χ2n) is 14.1. The largest absolute Gasteiger partial charge is 0.503 e. The minimum absolute atomic E-state index is 0.714. The molecule has 0 fully saturated rings. The van der Waals surface area contributed by atoms with Gasteiger partial charge in [0.25, 0.3) is 5.69 Å². The van der Waals surface area contributed by atoms with Crippen molar-refractivity contribution in [2.24, 2.45) is 0 Å². The van der Waals surface area contributed by atoms with Gasteiger partial charge in [-0.25, -0.2) is 4.98 Å². The van der Waals surface area contributed by atoms with Crippen LogP contribution in [0.4, 0.5) is 22.7 Å². The van der Waals surface area contributed by atoms with E-state index in [-0.39, 0.29) is 0 Å². The Balaban J connectivity index is 1.09. The summed E-state index contributed by atoms with van der Waals surface area (Å²) in [6.07, 6.45) is 5.55.